The summed E-state index contributed by atoms with van der Waals surface area (Å²) < 4.78 is 13.0. The fraction of sp³-hybridized carbons (Fsp3) is 0.375. The number of aryl methyl sites for hydroxylation is 1. The molecule has 6 heteroatoms. The summed E-state index contributed by atoms with van der Waals surface area (Å²) in [7, 11) is 0. The molecule has 0 aliphatic carbocycles. The van der Waals surface area contributed by atoms with Gasteiger partial charge in [0.05, 0.1) is 16.6 Å². The van der Waals surface area contributed by atoms with Crippen molar-refractivity contribution in [2.75, 3.05) is 6.54 Å². The normalized spacial score (nSPS) is 13.7. The van der Waals surface area contributed by atoms with Gasteiger partial charge >= 0.3 is 0 Å². The van der Waals surface area contributed by atoms with Gasteiger partial charge in [0.25, 0.3) is 0 Å². The molecule has 2 unspecified atom stereocenters. The predicted octanol–water partition coefficient (Wildman–Crippen LogP) is 3.03. The van der Waals surface area contributed by atoms with Crippen LogP contribution in [0.2, 0.25) is 0 Å². The predicted molar refractivity (Wildman–Crippen MR) is 87.0 cm³/mol. The summed E-state index contributed by atoms with van der Waals surface area (Å²) in [5, 5.41) is 3.77. The first-order valence-electron chi connectivity index (χ1n) is 7.16. The second-order valence-corrected chi connectivity index (χ2v) is 6.37. The molecular formula is C16H20FN3OS. The summed E-state index contributed by atoms with van der Waals surface area (Å²) in [5.74, 6) is -0.549. The lowest BCUT2D eigenvalue weighted by atomic mass is 10.1. The van der Waals surface area contributed by atoms with Crippen LogP contribution in [0.4, 0.5) is 4.39 Å². The van der Waals surface area contributed by atoms with Crippen molar-refractivity contribution in [1.82, 2.24) is 10.3 Å². The summed E-state index contributed by atoms with van der Waals surface area (Å²) in [4.78, 5) is 17.5. The number of nitrogens with one attached hydrogen (secondary N) is 1. The van der Waals surface area contributed by atoms with Gasteiger partial charge in [-0.2, -0.15) is 0 Å². The van der Waals surface area contributed by atoms with E-state index in [1.165, 1.54) is 23.5 Å². The smallest absolute Gasteiger partial charge is 0.224 e. The zero-order chi connectivity index (χ0) is 16.3. The molecule has 118 valence electrons. The van der Waals surface area contributed by atoms with E-state index in [0.29, 0.717) is 6.54 Å². The highest BCUT2D eigenvalue weighted by Gasteiger charge is 2.19. The molecule has 2 atom stereocenters. The first kappa shape index (κ1) is 16.6. The minimum Gasteiger partial charge on any atom is -0.348 e. The Labute approximate surface area is 133 Å². The number of halogens is 1. The van der Waals surface area contributed by atoms with E-state index in [2.05, 4.69) is 10.3 Å². The van der Waals surface area contributed by atoms with Gasteiger partial charge in [0, 0.05) is 18.0 Å². The van der Waals surface area contributed by atoms with Gasteiger partial charge in [-0.3, -0.25) is 4.79 Å². The van der Waals surface area contributed by atoms with Crippen molar-refractivity contribution in [2.45, 2.75) is 26.8 Å². The molecule has 1 aromatic heterocycles. The number of hydrogen-bond acceptors (Lipinski definition) is 4. The Balaban J connectivity index is 2.19. The lowest BCUT2D eigenvalue weighted by Gasteiger charge is -2.15. The van der Waals surface area contributed by atoms with Crippen LogP contribution < -0.4 is 11.1 Å². The fourth-order valence-electron chi connectivity index (χ4n) is 2.05. The summed E-state index contributed by atoms with van der Waals surface area (Å²) in [5.41, 5.74) is 7.25. The molecule has 1 heterocycles. The quantitative estimate of drug-likeness (QED) is 0.889. The van der Waals surface area contributed by atoms with Gasteiger partial charge in [-0.25, -0.2) is 9.37 Å². The number of benzene rings is 1. The van der Waals surface area contributed by atoms with E-state index in [-0.39, 0.29) is 23.7 Å². The first-order valence-corrected chi connectivity index (χ1v) is 7.97. The van der Waals surface area contributed by atoms with Crippen LogP contribution >= 0.6 is 11.3 Å². The van der Waals surface area contributed by atoms with Crippen LogP contribution in [0.1, 0.15) is 30.5 Å². The highest BCUT2D eigenvalue weighted by molar-refractivity contribution is 7.15. The standard InChI is InChI=1S/C16H20FN3OS/c1-9(8-18)15(21)19-10(2)14-11(3)20-16(22-14)12-4-6-13(17)7-5-12/h4-7,9-10H,8,18H2,1-3H3,(H,19,21). The van der Waals surface area contributed by atoms with E-state index in [9.17, 15) is 9.18 Å². The molecule has 0 aliphatic heterocycles. The van der Waals surface area contributed by atoms with Crippen molar-refractivity contribution in [3.63, 3.8) is 0 Å². The minimum absolute atomic E-state index is 0.0638. The van der Waals surface area contributed by atoms with Crippen LogP contribution in [0.15, 0.2) is 24.3 Å². The van der Waals surface area contributed by atoms with Crippen molar-refractivity contribution in [2.24, 2.45) is 11.7 Å². The van der Waals surface area contributed by atoms with E-state index >= 15 is 0 Å². The average Bonchev–Trinajstić information content (AvgIpc) is 2.89. The molecule has 1 aromatic carbocycles. The van der Waals surface area contributed by atoms with Gasteiger partial charge < -0.3 is 11.1 Å². The largest absolute Gasteiger partial charge is 0.348 e. The molecule has 2 aromatic rings. The molecule has 0 fully saturated rings. The topological polar surface area (TPSA) is 68.0 Å². The number of carbonyl (C=O) groups excluding carboxylic acids is 1. The first-order chi connectivity index (χ1) is 10.4. The Kier molecular flexibility index (Phi) is 5.26. The van der Waals surface area contributed by atoms with Gasteiger partial charge in [0.2, 0.25) is 5.91 Å². The molecule has 0 saturated heterocycles. The van der Waals surface area contributed by atoms with E-state index in [1.54, 1.807) is 19.1 Å². The lowest BCUT2D eigenvalue weighted by molar-refractivity contribution is -0.124. The number of thiazole rings is 1. The third kappa shape index (κ3) is 3.69. The van der Waals surface area contributed by atoms with Crippen LogP contribution in [-0.2, 0) is 4.79 Å². The van der Waals surface area contributed by atoms with Crippen LogP contribution in [0.3, 0.4) is 0 Å². The molecule has 22 heavy (non-hydrogen) atoms. The second-order valence-electron chi connectivity index (χ2n) is 5.34. The highest BCUT2D eigenvalue weighted by atomic mass is 32.1. The molecule has 0 radical (unpaired) electrons. The molecule has 0 saturated carbocycles. The summed E-state index contributed by atoms with van der Waals surface area (Å²) in [6, 6.07) is 6.11. The molecule has 3 N–H and O–H groups in total. The lowest BCUT2D eigenvalue weighted by Crippen LogP contribution is -2.34. The van der Waals surface area contributed by atoms with Crippen molar-refractivity contribution in [3.05, 3.63) is 40.7 Å². The number of carbonyl (C=O) groups is 1. The SMILES string of the molecule is Cc1nc(-c2ccc(F)cc2)sc1C(C)NC(=O)C(C)CN. The summed E-state index contributed by atoms with van der Waals surface area (Å²) in [6.45, 7) is 5.95. The summed E-state index contributed by atoms with van der Waals surface area (Å²) in [6.07, 6.45) is 0. The number of rotatable bonds is 5. The Morgan fingerprint density at radius 3 is 2.59 bits per heavy atom. The Bertz CT molecular complexity index is 654. The molecule has 0 spiro atoms. The van der Waals surface area contributed by atoms with Crippen molar-refractivity contribution in [3.8, 4) is 10.6 Å². The average molecular weight is 321 g/mol. The maximum Gasteiger partial charge on any atom is 0.224 e. The highest BCUT2D eigenvalue weighted by Crippen LogP contribution is 2.31. The Morgan fingerprint density at radius 2 is 2.00 bits per heavy atom. The van der Waals surface area contributed by atoms with Crippen molar-refractivity contribution < 1.29 is 9.18 Å². The maximum atomic E-state index is 13.0. The van der Waals surface area contributed by atoms with Crippen LogP contribution in [-0.4, -0.2) is 17.4 Å². The number of nitrogens with zero attached hydrogens (tertiary/aromatic N) is 1. The molecule has 0 aliphatic rings. The van der Waals surface area contributed by atoms with Crippen molar-refractivity contribution >= 4 is 17.2 Å². The monoisotopic (exact) mass is 321 g/mol. The molecule has 4 nitrogen and oxygen atoms in total. The third-order valence-corrected chi connectivity index (χ3v) is 4.87. The number of hydrogen-bond donors (Lipinski definition) is 2. The van der Waals surface area contributed by atoms with E-state index in [4.69, 9.17) is 5.73 Å². The van der Waals surface area contributed by atoms with Gasteiger partial charge in [0.1, 0.15) is 10.8 Å². The van der Waals surface area contributed by atoms with Crippen LogP contribution in [0.25, 0.3) is 10.6 Å². The number of aromatic nitrogens is 1. The van der Waals surface area contributed by atoms with Crippen LogP contribution in [0, 0.1) is 18.7 Å². The molecule has 0 bridgehead atoms. The summed E-state index contributed by atoms with van der Waals surface area (Å²) >= 11 is 1.51. The molecule has 2 rings (SSSR count). The Hall–Kier alpha value is -1.79. The van der Waals surface area contributed by atoms with E-state index in [0.717, 1.165) is 21.1 Å². The fourth-order valence-corrected chi connectivity index (χ4v) is 3.13. The van der Waals surface area contributed by atoms with Crippen LogP contribution in [0.5, 0.6) is 0 Å². The van der Waals surface area contributed by atoms with Gasteiger partial charge in [-0.1, -0.05) is 6.92 Å². The van der Waals surface area contributed by atoms with E-state index < -0.39 is 0 Å². The van der Waals surface area contributed by atoms with E-state index in [1.807, 2.05) is 13.8 Å². The maximum absolute atomic E-state index is 13.0. The minimum atomic E-state index is -0.270. The number of nitrogens with two attached hydrogens (primary N) is 1. The molecule has 1 amide bonds. The van der Waals surface area contributed by atoms with Gasteiger partial charge in [0.15, 0.2) is 0 Å². The Morgan fingerprint density at radius 1 is 1.36 bits per heavy atom. The molecular weight excluding hydrogens is 301 g/mol. The third-order valence-electron chi connectivity index (χ3n) is 3.48. The number of amides is 1. The van der Waals surface area contributed by atoms with Gasteiger partial charge in [-0.15, -0.1) is 11.3 Å². The van der Waals surface area contributed by atoms with Gasteiger partial charge in [-0.05, 0) is 38.1 Å². The zero-order valence-electron chi connectivity index (χ0n) is 12.9. The zero-order valence-corrected chi connectivity index (χ0v) is 13.7. The van der Waals surface area contributed by atoms with Crippen molar-refractivity contribution in [1.29, 1.82) is 0 Å². The second kappa shape index (κ2) is 6.98.